The van der Waals surface area contributed by atoms with Gasteiger partial charge in [-0.25, -0.2) is 4.79 Å². The molecule has 1 rings (SSSR count). The van der Waals surface area contributed by atoms with Gasteiger partial charge in [0.2, 0.25) is 0 Å². The van der Waals surface area contributed by atoms with Gasteiger partial charge in [-0.1, -0.05) is 18.2 Å². The monoisotopic (exact) mass is 153 g/mol. The molecule has 0 aliphatic rings. The Hall–Kier alpha value is -1.31. The van der Waals surface area contributed by atoms with E-state index in [1.807, 2.05) is 0 Å². The summed E-state index contributed by atoms with van der Waals surface area (Å²) in [6.07, 6.45) is 0. The highest BCUT2D eigenvalue weighted by atomic mass is 16.5. The Morgan fingerprint density at radius 3 is 3.27 bits per heavy atom. The molecule has 0 aromatic heterocycles. The number of rotatable bonds is 2. The fourth-order valence-electron chi connectivity index (χ4n) is 0.640. The van der Waals surface area contributed by atoms with Crippen molar-refractivity contribution in [2.45, 2.75) is 6.92 Å². The Labute approximate surface area is 70.0 Å². The minimum absolute atomic E-state index is 0.0350. The number of ether oxygens (including phenoxy) is 1. The van der Waals surface area contributed by atoms with Gasteiger partial charge in [0.1, 0.15) is 0 Å². The first-order valence-corrected chi connectivity index (χ1v) is 3.31. The predicted octanol–water partition coefficient (Wildman–Crippen LogP) is 1.86. The molecule has 0 aliphatic heterocycles. The van der Waals surface area contributed by atoms with E-state index in [1.54, 1.807) is 6.92 Å². The Morgan fingerprint density at radius 1 is 1.73 bits per heavy atom. The van der Waals surface area contributed by atoms with Gasteiger partial charge in [-0.3, -0.25) is 0 Å². The first kappa shape index (κ1) is 4.54. The highest BCUT2D eigenvalue weighted by molar-refractivity contribution is 5.89. The summed E-state index contributed by atoms with van der Waals surface area (Å²) in [6, 6.07) is 2.07. The molecule has 0 fully saturated rings. The van der Waals surface area contributed by atoms with Crippen LogP contribution in [0.25, 0.3) is 0 Å². The average molecular weight is 153 g/mol. The van der Waals surface area contributed by atoms with E-state index in [9.17, 15) is 4.79 Å². The number of carbonyl (C=O) groups is 1. The molecular weight excluding hydrogens is 140 g/mol. The van der Waals surface area contributed by atoms with Crippen molar-refractivity contribution in [2.24, 2.45) is 0 Å². The number of hydrogen-bond acceptors (Lipinski definition) is 2. The maximum atomic E-state index is 11.2. The van der Waals surface area contributed by atoms with Crippen LogP contribution in [-0.2, 0) is 4.74 Å². The lowest BCUT2D eigenvalue weighted by molar-refractivity contribution is 0.0526. The number of benzene rings is 1. The second kappa shape index (κ2) is 3.76. The van der Waals surface area contributed by atoms with Crippen molar-refractivity contribution in [3.05, 3.63) is 35.8 Å². The molecule has 0 radical (unpaired) electrons. The predicted molar refractivity (Wildman–Crippen MR) is 42.4 cm³/mol. The molecule has 0 spiro atoms. The molecule has 2 nitrogen and oxygen atoms in total. The lowest BCUT2D eigenvalue weighted by Crippen LogP contribution is -2.03. The van der Waals surface area contributed by atoms with Gasteiger partial charge in [-0.15, -0.1) is 0 Å². The standard InChI is InChI=1S/C9H10O2/c1-2-11-9(10)8-6-4-3-5-7-8/h3-7H,2H2,1H3/i3D,4D,6D. The van der Waals surface area contributed by atoms with Gasteiger partial charge in [0.25, 0.3) is 0 Å². The van der Waals surface area contributed by atoms with E-state index in [1.165, 1.54) is 12.1 Å². The Morgan fingerprint density at radius 2 is 2.55 bits per heavy atom. The summed E-state index contributed by atoms with van der Waals surface area (Å²) in [5.74, 6) is -0.619. The zero-order valence-electron chi connectivity index (χ0n) is 9.18. The van der Waals surface area contributed by atoms with Gasteiger partial charge in [-0.05, 0) is 19.0 Å². The normalized spacial score (nSPS) is 13.0. The first-order valence-electron chi connectivity index (χ1n) is 4.81. The molecule has 58 valence electrons. The first-order chi connectivity index (χ1) is 6.57. The van der Waals surface area contributed by atoms with Crippen molar-refractivity contribution in [1.29, 1.82) is 0 Å². The molecule has 11 heavy (non-hydrogen) atoms. The van der Waals surface area contributed by atoms with Crippen LogP contribution in [0.2, 0.25) is 0 Å². The van der Waals surface area contributed by atoms with Crippen LogP contribution < -0.4 is 0 Å². The van der Waals surface area contributed by atoms with Crippen LogP contribution in [-0.4, -0.2) is 12.6 Å². The third-order valence-electron chi connectivity index (χ3n) is 1.10. The molecule has 1 aromatic carbocycles. The fraction of sp³-hybridized carbons (Fsp3) is 0.222. The van der Waals surface area contributed by atoms with Crippen LogP contribution >= 0.6 is 0 Å². The van der Waals surface area contributed by atoms with Gasteiger partial charge in [0, 0.05) is 0 Å². The molecule has 2 heteroatoms. The van der Waals surface area contributed by atoms with E-state index < -0.39 is 5.97 Å². The fourth-order valence-corrected chi connectivity index (χ4v) is 0.640. The van der Waals surface area contributed by atoms with Crippen LogP contribution in [0.15, 0.2) is 30.3 Å². The number of carbonyl (C=O) groups excluding carboxylic acids is 1. The van der Waals surface area contributed by atoms with Crippen LogP contribution in [0.3, 0.4) is 0 Å². The summed E-state index contributed by atoms with van der Waals surface area (Å²) >= 11 is 0. The van der Waals surface area contributed by atoms with Crippen molar-refractivity contribution >= 4 is 5.97 Å². The van der Waals surface area contributed by atoms with Crippen molar-refractivity contribution < 1.29 is 13.6 Å². The minimum Gasteiger partial charge on any atom is -0.462 e. The molecule has 0 amide bonds. The summed E-state index contributed by atoms with van der Waals surface area (Å²) in [6.45, 7) is 1.90. The van der Waals surface area contributed by atoms with Crippen molar-refractivity contribution in [3.8, 4) is 0 Å². The highest BCUT2D eigenvalue weighted by Gasteiger charge is 2.02. The summed E-state index contributed by atoms with van der Waals surface area (Å²) < 4.78 is 26.7. The van der Waals surface area contributed by atoms with Gasteiger partial charge in [-0.2, -0.15) is 0 Å². The topological polar surface area (TPSA) is 26.3 Å². The summed E-state index contributed by atoms with van der Waals surface area (Å²) in [5.41, 5.74) is 0.0350. The second-order valence-electron chi connectivity index (χ2n) is 1.86. The van der Waals surface area contributed by atoms with Crippen LogP contribution in [0.5, 0.6) is 0 Å². The van der Waals surface area contributed by atoms with E-state index in [4.69, 9.17) is 8.85 Å². The summed E-state index contributed by atoms with van der Waals surface area (Å²) in [4.78, 5) is 11.2. The van der Waals surface area contributed by atoms with Crippen molar-refractivity contribution in [3.63, 3.8) is 0 Å². The summed E-state index contributed by atoms with van der Waals surface area (Å²) in [7, 11) is 0. The smallest absolute Gasteiger partial charge is 0.338 e. The molecule has 0 atom stereocenters. The van der Waals surface area contributed by atoms with Crippen LogP contribution in [0, 0.1) is 0 Å². The largest absolute Gasteiger partial charge is 0.462 e. The van der Waals surface area contributed by atoms with Crippen LogP contribution in [0.1, 0.15) is 21.4 Å². The SMILES string of the molecule is [2H]c1ccc(C(=O)OCC)c([2H])c1[2H]. The Kier molecular flexibility index (Phi) is 1.55. The molecule has 0 unspecified atom stereocenters. The molecule has 0 N–H and O–H groups in total. The van der Waals surface area contributed by atoms with E-state index >= 15 is 0 Å². The zero-order valence-corrected chi connectivity index (χ0v) is 6.18. The van der Waals surface area contributed by atoms with Crippen molar-refractivity contribution in [2.75, 3.05) is 6.61 Å². The average Bonchev–Trinajstić information content (AvgIpc) is 2.15. The molecule has 0 aliphatic carbocycles. The lowest BCUT2D eigenvalue weighted by atomic mass is 10.2. The molecule has 0 bridgehead atoms. The lowest BCUT2D eigenvalue weighted by Gasteiger charge is -1.99. The highest BCUT2D eigenvalue weighted by Crippen LogP contribution is 1.99. The summed E-state index contributed by atoms with van der Waals surface area (Å²) in [5, 5.41) is 0. The van der Waals surface area contributed by atoms with E-state index in [0.717, 1.165) is 0 Å². The Balaban J connectivity index is 3.11. The van der Waals surface area contributed by atoms with Gasteiger partial charge in [0.05, 0.1) is 16.3 Å². The second-order valence-corrected chi connectivity index (χ2v) is 1.86. The van der Waals surface area contributed by atoms with Crippen molar-refractivity contribution in [1.82, 2.24) is 0 Å². The number of esters is 1. The van der Waals surface area contributed by atoms with E-state index in [0.29, 0.717) is 0 Å². The van der Waals surface area contributed by atoms with E-state index in [-0.39, 0.29) is 30.3 Å². The number of hydrogen-bond donors (Lipinski definition) is 0. The maximum Gasteiger partial charge on any atom is 0.338 e. The maximum absolute atomic E-state index is 11.2. The molecule has 1 aromatic rings. The third-order valence-corrected chi connectivity index (χ3v) is 1.10. The van der Waals surface area contributed by atoms with Gasteiger partial charge >= 0.3 is 5.97 Å². The molecular formula is C9H10O2. The quantitative estimate of drug-likeness (QED) is 0.606. The zero-order chi connectivity index (χ0) is 10.7. The third kappa shape index (κ3) is 2.08. The molecule has 0 saturated carbocycles. The minimum atomic E-state index is -0.619. The van der Waals surface area contributed by atoms with Gasteiger partial charge in [0.15, 0.2) is 0 Å². The van der Waals surface area contributed by atoms with Crippen LogP contribution in [0.4, 0.5) is 0 Å². The molecule has 0 saturated heterocycles. The Bertz CT molecular complexity index is 363. The molecule has 0 heterocycles. The van der Waals surface area contributed by atoms with Gasteiger partial charge < -0.3 is 4.74 Å². The van der Waals surface area contributed by atoms with E-state index in [2.05, 4.69) is 0 Å².